The van der Waals surface area contributed by atoms with E-state index in [0.29, 0.717) is 10.0 Å². The Morgan fingerprint density at radius 3 is 1.19 bits per heavy atom. The Morgan fingerprint density at radius 2 is 0.812 bits per heavy atom. The molecule has 0 aliphatic heterocycles. The summed E-state index contributed by atoms with van der Waals surface area (Å²) in [4.78, 5) is 0. The third kappa shape index (κ3) is 1.31. The second-order valence-corrected chi connectivity index (χ2v) is 4.48. The summed E-state index contributed by atoms with van der Waals surface area (Å²) < 4.78 is 0. The molecule has 0 nitrogen and oxygen atoms in total. The summed E-state index contributed by atoms with van der Waals surface area (Å²) >= 11 is 12.5. The lowest BCUT2D eigenvalue weighted by Gasteiger charge is -2.08. The first-order valence-electron chi connectivity index (χ1n) is 5.03. The molecule has 0 aromatic heterocycles. The van der Waals surface area contributed by atoms with E-state index in [1.807, 2.05) is 36.4 Å². The predicted octanol–water partition coefficient (Wildman–Crippen LogP) is 5.30. The van der Waals surface area contributed by atoms with E-state index in [1.165, 1.54) is 0 Å². The zero-order valence-corrected chi connectivity index (χ0v) is 9.89. The molecule has 0 aliphatic carbocycles. The van der Waals surface area contributed by atoms with Crippen molar-refractivity contribution in [2.75, 3.05) is 0 Å². The van der Waals surface area contributed by atoms with Gasteiger partial charge in [0, 0.05) is 10.8 Å². The second-order valence-electron chi connectivity index (χ2n) is 3.72. The van der Waals surface area contributed by atoms with Crippen LogP contribution in [-0.2, 0) is 0 Å². The SMILES string of the molecule is Clc1c(Cl)c2ccccc2c2ccccc12. The molecule has 0 bridgehead atoms. The quantitative estimate of drug-likeness (QED) is 0.473. The van der Waals surface area contributed by atoms with Crippen molar-refractivity contribution in [1.82, 2.24) is 0 Å². The van der Waals surface area contributed by atoms with Crippen LogP contribution < -0.4 is 0 Å². The number of benzene rings is 3. The van der Waals surface area contributed by atoms with Gasteiger partial charge in [-0.1, -0.05) is 71.7 Å². The number of halogens is 2. The molecule has 0 saturated carbocycles. The van der Waals surface area contributed by atoms with Crippen LogP contribution in [0.4, 0.5) is 0 Å². The van der Waals surface area contributed by atoms with Crippen molar-refractivity contribution in [3.8, 4) is 0 Å². The van der Waals surface area contributed by atoms with Gasteiger partial charge in [0.15, 0.2) is 0 Å². The largest absolute Gasteiger partial charge is 0.0820 e. The molecule has 0 amide bonds. The molecule has 78 valence electrons. The number of rotatable bonds is 0. The Bertz CT molecular complexity index is 626. The van der Waals surface area contributed by atoms with E-state index in [0.717, 1.165) is 21.5 Å². The molecule has 3 rings (SSSR count). The Morgan fingerprint density at radius 1 is 0.500 bits per heavy atom. The molecule has 0 spiro atoms. The number of hydrogen-bond acceptors (Lipinski definition) is 0. The zero-order valence-electron chi connectivity index (χ0n) is 8.37. The average molecular weight is 247 g/mol. The van der Waals surface area contributed by atoms with Crippen LogP contribution in [0.15, 0.2) is 48.5 Å². The van der Waals surface area contributed by atoms with Gasteiger partial charge in [0.1, 0.15) is 0 Å². The summed E-state index contributed by atoms with van der Waals surface area (Å²) in [6, 6.07) is 16.1. The lowest BCUT2D eigenvalue weighted by molar-refractivity contribution is 1.76. The highest BCUT2D eigenvalue weighted by Gasteiger charge is 2.09. The summed E-state index contributed by atoms with van der Waals surface area (Å²) in [5, 5.41) is 5.58. The minimum atomic E-state index is 0.635. The molecule has 0 radical (unpaired) electrons. The van der Waals surface area contributed by atoms with Crippen molar-refractivity contribution >= 4 is 44.7 Å². The fourth-order valence-corrected chi connectivity index (χ4v) is 2.59. The molecule has 0 aliphatic rings. The molecular formula is C14H8Cl2. The summed E-state index contributed by atoms with van der Waals surface area (Å²) in [5.41, 5.74) is 0. The topological polar surface area (TPSA) is 0 Å². The normalized spacial score (nSPS) is 11.1. The van der Waals surface area contributed by atoms with E-state index in [1.54, 1.807) is 0 Å². The van der Waals surface area contributed by atoms with Crippen LogP contribution in [0.2, 0.25) is 10.0 Å². The molecule has 0 N–H and O–H groups in total. The van der Waals surface area contributed by atoms with Gasteiger partial charge in [-0.2, -0.15) is 0 Å². The third-order valence-corrected chi connectivity index (χ3v) is 3.69. The van der Waals surface area contributed by atoms with Crippen LogP contribution in [0.1, 0.15) is 0 Å². The van der Waals surface area contributed by atoms with E-state index < -0.39 is 0 Å². The van der Waals surface area contributed by atoms with E-state index in [4.69, 9.17) is 23.2 Å². The zero-order chi connectivity index (χ0) is 11.1. The molecule has 3 aromatic rings. The van der Waals surface area contributed by atoms with Crippen LogP contribution in [0.5, 0.6) is 0 Å². The van der Waals surface area contributed by atoms with Crippen molar-refractivity contribution in [3.05, 3.63) is 58.6 Å². The average Bonchev–Trinajstić information content (AvgIpc) is 2.36. The van der Waals surface area contributed by atoms with Gasteiger partial charge in [-0.3, -0.25) is 0 Å². The highest BCUT2D eigenvalue weighted by atomic mass is 35.5. The first-order chi connectivity index (χ1) is 7.79. The lowest BCUT2D eigenvalue weighted by atomic mass is 10.0. The molecule has 0 fully saturated rings. The highest BCUT2D eigenvalue weighted by Crippen LogP contribution is 2.38. The van der Waals surface area contributed by atoms with E-state index in [-0.39, 0.29) is 0 Å². The van der Waals surface area contributed by atoms with Gasteiger partial charge in [-0.15, -0.1) is 0 Å². The fourth-order valence-electron chi connectivity index (χ4n) is 2.06. The molecule has 0 atom stereocenters. The Balaban J connectivity index is 2.69. The van der Waals surface area contributed by atoms with Crippen LogP contribution in [0.3, 0.4) is 0 Å². The number of hydrogen-bond donors (Lipinski definition) is 0. The molecule has 0 heterocycles. The van der Waals surface area contributed by atoms with Gasteiger partial charge in [0.25, 0.3) is 0 Å². The summed E-state index contributed by atoms with van der Waals surface area (Å²) in [5.74, 6) is 0. The van der Waals surface area contributed by atoms with Crippen LogP contribution >= 0.6 is 23.2 Å². The van der Waals surface area contributed by atoms with E-state index >= 15 is 0 Å². The van der Waals surface area contributed by atoms with Gasteiger partial charge < -0.3 is 0 Å². The minimum Gasteiger partial charge on any atom is -0.0820 e. The maximum absolute atomic E-state index is 6.27. The number of fused-ring (bicyclic) bond motifs is 3. The standard InChI is InChI=1S/C14H8Cl2/c15-13-11-7-3-1-5-9(11)10-6-2-4-8-12(10)14(13)16/h1-8H. The Hall–Kier alpha value is -1.24. The van der Waals surface area contributed by atoms with Crippen LogP contribution in [-0.4, -0.2) is 0 Å². The van der Waals surface area contributed by atoms with Crippen molar-refractivity contribution in [3.63, 3.8) is 0 Å². The summed E-state index contributed by atoms with van der Waals surface area (Å²) in [6.07, 6.45) is 0. The van der Waals surface area contributed by atoms with Crippen molar-refractivity contribution < 1.29 is 0 Å². The lowest BCUT2D eigenvalue weighted by Crippen LogP contribution is -1.81. The Labute approximate surface area is 103 Å². The Kier molecular flexibility index (Phi) is 2.27. The molecule has 3 aromatic carbocycles. The predicted molar refractivity (Wildman–Crippen MR) is 71.5 cm³/mol. The summed E-state index contributed by atoms with van der Waals surface area (Å²) in [7, 11) is 0. The van der Waals surface area contributed by atoms with E-state index in [2.05, 4.69) is 12.1 Å². The van der Waals surface area contributed by atoms with Crippen molar-refractivity contribution in [2.24, 2.45) is 0 Å². The van der Waals surface area contributed by atoms with Crippen molar-refractivity contribution in [1.29, 1.82) is 0 Å². The van der Waals surface area contributed by atoms with Gasteiger partial charge in [0.2, 0.25) is 0 Å². The van der Waals surface area contributed by atoms with Gasteiger partial charge in [-0.05, 0) is 10.8 Å². The van der Waals surface area contributed by atoms with Gasteiger partial charge in [0.05, 0.1) is 10.0 Å². The summed E-state index contributed by atoms with van der Waals surface area (Å²) in [6.45, 7) is 0. The van der Waals surface area contributed by atoms with E-state index in [9.17, 15) is 0 Å². The van der Waals surface area contributed by atoms with Gasteiger partial charge in [-0.25, -0.2) is 0 Å². The second kappa shape index (κ2) is 3.65. The molecule has 2 heteroatoms. The minimum absolute atomic E-state index is 0.635. The maximum atomic E-state index is 6.27. The molecule has 0 saturated heterocycles. The first-order valence-corrected chi connectivity index (χ1v) is 5.79. The monoisotopic (exact) mass is 246 g/mol. The first kappa shape index (κ1) is 9.95. The fraction of sp³-hybridized carbons (Fsp3) is 0. The van der Waals surface area contributed by atoms with Crippen molar-refractivity contribution in [2.45, 2.75) is 0 Å². The molecular weight excluding hydrogens is 239 g/mol. The highest BCUT2D eigenvalue weighted by molar-refractivity contribution is 6.49. The van der Waals surface area contributed by atoms with Gasteiger partial charge >= 0.3 is 0 Å². The maximum Gasteiger partial charge on any atom is 0.0677 e. The van der Waals surface area contributed by atoms with Crippen LogP contribution in [0.25, 0.3) is 21.5 Å². The molecule has 16 heavy (non-hydrogen) atoms. The third-order valence-electron chi connectivity index (χ3n) is 2.81. The molecule has 0 unspecified atom stereocenters. The van der Waals surface area contributed by atoms with Crippen LogP contribution in [0, 0.1) is 0 Å². The smallest absolute Gasteiger partial charge is 0.0677 e.